The highest BCUT2D eigenvalue weighted by Gasteiger charge is 2.48. The fourth-order valence-corrected chi connectivity index (χ4v) is 7.62. The second-order valence-corrected chi connectivity index (χ2v) is 14.8. The normalized spacial score (nSPS) is 23.6. The second-order valence-electron chi connectivity index (χ2n) is 14.8. The molecule has 0 aromatic heterocycles. The highest BCUT2D eigenvalue weighted by atomic mass is 16.7. The summed E-state index contributed by atoms with van der Waals surface area (Å²) < 4.78 is 31.7. The average molecular weight is 668 g/mol. The monoisotopic (exact) mass is 668 g/mol. The van der Waals surface area contributed by atoms with Gasteiger partial charge in [-0.2, -0.15) is 0 Å². The van der Waals surface area contributed by atoms with Gasteiger partial charge in [0.2, 0.25) is 0 Å². The minimum atomic E-state index is -0.443. The van der Waals surface area contributed by atoms with Gasteiger partial charge in [0.15, 0.2) is 6.29 Å². The molecule has 2 fully saturated rings. The molecule has 2 aliphatic rings. The van der Waals surface area contributed by atoms with Crippen molar-refractivity contribution in [2.24, 2.45) is 0 Å². The molecule has 1 saturated carbocycles. The van der Waals surface area contributed by atoms with E-state index in [0.29, 0.717) is 12.6 Å². The molecule has 280 valence electrons. The lowest BCUT2D eigenvalue weighted by Crippen LogP contribution is -2.62. The van der Waals surface area contributed by atoms with Crippen LogP contribution in [0.3, 0.4) is 0 Å². The number of hydrogen-bond acceptors (Lipinski definition) is 6. The molecule has 47 heavy (non-hydrogen) atoms. The van der Waals surface area contributed by atoms with Crippen LogP contribution in [0.2, 0.25) is 0 Å². The van der Waals surface area contributed by atoms with Crippen molar-refractivity contribution in [1.82, 2.24) is 5.32 Å². The first-order valence-corrected chi connectivity index (χ1v) is 20.9. The Morgan fingerprint density at radius 3 is 1.30 bits per heavy atom. The van der Waals surface area contributed by atoms with Crippen LogP contribution in [-0.2, 0) is 23.7 Å². The van der Waals surface area contributed by atoms with E-state index in [1.165, 1.54) is 167 Å². The lowest BCUT2D eigenvalue weighted by Gasteiger charge is -2.45. The lowest BCUT2D eigenvalue weighted by molar-refractivity contribution is -0.309. The molecule has 1 N–H and O–H groups in total. The molecule has 1 aliphatic heterocycles. The Morgan fingerprint density at radius 2 is 0.894 bits per heavy atom. The van der Waals surface area contributed by atoms with Crippen molar-refractivity contribution in [1.29, 1.82) is 0 Å². The third kappa shape index (κ3) is 20.3. The predicted octanol–water partition coefficient (Wildman–Crippen LogP) is 11.1. The zero-order valence-electron chi connectivity index (χ0n) is 31.9. The minimum absolute atomic E-state index is 0.121. The van der Waals surface area contributed by atoms with Gasteiger partial charge in [0.1, 0.15) is 24.4 Å². The van der Waals surface area contributed by atoms with E-state index >= 15 is 0 Å². The topological polar surface area (TPSA) is 58.2 Å². The summed E-state index contributed by atoms with van der Waals surface area (Å²) in [4.78, 5) is 0. The van der Waals surface area contributed by atoms with Crippen molar-refractivity contribution in [3.8, 4) is 0 Å². The van der Waals surface area contributed by atoms with Gasteiger partial charge in [0.05, 0.1) is 0 Å². The van der Waals surface area contributed by atoms with E-state index in [-0.39, 0.29) is 24.4 Å². The molecule has 1 aliphatic carbocycles. The van der Waals surface area contributed by atoms with E-state index in [0.717, 1.165) is 26.0 Å². The predicted molar refractivity (Wildman–Crippen MR) is 198 cm³/mol. The number of ether oxygens (including phenoxy) is 5. The molecule has 0 aromatic carbocycles. The third-order valence-corrected chi connectivity index (χ3v) is 10.7. The zero-order chi connectivity index (χ0) is 33.6. The molecule has 0 amide bonds. The molecule has 6 nitrogen and oxygen atoms in total. The summed E-state index contributed by atoms with van der Waals surface area (Å²) in [6, 6.07) is 0.581. The molecular weight excluding hydrogens is 586 g/mol. The van der Waals surface area contributed by atoms with Gasteiger partial charge in [-0.25, -0.2) is 0 Å². The molecule has 0 aromatic rings. The summed E-state index contributed by atoms with van der Waals surface area (Å²) in [6.07, 6.45) is 36.1. The molecule has 0 radical (unpaired) electrons. The zero-order valence-corrected chi connectivity index (χ0v) is 31.9. The Balaban J connectivity index is 1.73. The number of hydrogen-bond donors (Lipinski definition) is 1. The summed E-state index contributed by atoms with van der Waals surface area (Å²) in [6.45, 7) is 6.79. The van der Waals surface area contributed by atoms with E-state index in [1.807, 2.05) is 0 Å². The van der Waals surface area contributed by atoms with Gasteiger partial charge in [-0.05, 0) is 25.7 Å². The molecule has 0 spiro atoms. The molecule has 6 heteroatoms. The Labute approximate surface area is 292 Å². The maximum absolute atomic E-state index is 6.65. The number of methoxy groups -OCH3 is 2. The number of rotatable bonds is 33. The van der Waals surface area contributed by atoms with Crippen molar-refractivity contribution in [2.75, 3.05) is 34.0 Å². The van der Waals surface area contributed by atoms with E-state index in [9.17, 15) is 0 Å². The molecule has 5 atom stereocenters. The maximum Gasteiger partial charge on any atom is 0.186 e. The van der Waals surface area contributed by atoms with E-state index < -0.39 is 6.29 Å². The van der Waals surface area contributed by atoms with Crippen LogP contribution in [0.1, 0.15) is 194 Å². The minimum Gasteiger partial charge on any atom is -0.376 e. The van der Waals surface area contributed by atoms with Gasteiger partial charge in [-0.1, -0.05) is 168 Å². The first kappa shape index (κ1) is 42.9. The maximum atomic E-state index is 6.65. The highest BCUT2D eigenvalue weighted by Crippen LogP contribution is 2.29. The standard InChI is InChI=1S/C41H81NO5/c1-5-7-9-11-13-15-17-19-21-23-25-29-33-45-39-38(43-3)37(35-42-36-31-27-28-32-36)47-41(44-4)40(39)46-34-30-26-24-22-20-18-16-14-12-10-8-6-2/h36-42H,5-35H2,1-4H3/t37-,38-,39+,40-,41+/m1/s1. The largest absolute Gasteiger partial charge is 0.376 e. The van der Waals surface area contributed by atoms with Crippen molar-refractivity contribution in [3.63, 3.8) is 0 Å². The van der Waals surface area contributed by atoms with Gasteiger partial charge in [0, 0.05) is 40.0 Å². The average Bonchev–Trinajstić information content (AvgIpc) is 3.62. The van der Waals surface area contributed by atoms with Crippen LogP contribution in [0.4, 0.5) is 0 Å². The molecule has 0 bridgehead atoms. The number of nitrogens with one attached hydrogen (secondary N) is 1. The summed E-state index contributed by atoms with van der Waals surface area (Å²) in [5.74, 6) is 0. The first-order chi connectivity index (χ1) is 23.2. The number of unbranched alkanes of at least 4 members (excludes halogenated alkanes) is 22. The van der Waals surface area contributed by atoms with Crippen LogP contribution in [0.5, 0.6) is 0 Å². The van der Waals surface area contributed by atoms with E-state index in [4.69, 9.17) is 23.7 Å². The lowest BCUT2D eigenvalue weighted by atomic mass is 9.97. The smallest absolute Gasteiger partial charge is 0.186 e. The summed E-state index contributed by atoms with van der Waals surface area (Å²) in [7, 11) is 3.54. The summed E-state index contributed by atoms with van der Waals surface area (Å²) >= 11 is 0. The second kappa shape index (κ2) is 30.6. The van der Waals surface area contributed by atoms with Gasteiger partial charge in [-0.3, -0.25) is 0 Å². The highest BCUT2D eigenvalue weighted by molar-refractivity contribution is 4.94. The first-order valence-electron chi connectivity index (χ1n) is 20.9. The van der Waals surface area contributed by atoms with Gasteiger partial charge in [0.25, 0.3) is 0 Å². The summed E-state index contributed by atoms with van der Waals surface area (Å²) in [5, 5.41) is 3.75. The Hall–Kier alpha value is -0.240. The van der Waals surface area contributed by atoms with Crippen LogP contribution in [0.15, 0.2) is 0 Å². The van der Waals surface area contributed by atoms with Gasteiger partial charge < -0.3 is 29.0 Å². The van der Waals surface area contributed by atoms with Crippen LogP contribution >= 0.6 is 0 Å². The van der Waals surface area contributed by atoms with Crippen LogP contribution in [-0.4, -0.2) is 70.7 Å². The van der Waals surface area contributed by atoms with Crippen molar-refractivity contribution in [3.05, 3.63) is 0 Å². The van der Waals surface area contributed by atoms with Crippen molar-refractivity contribution in [2.45, 2.75) is 230 Å². The fourth-order valence-electron chi connectivity index (χ4n) is 7.62. The fraction of sp³-hybridized carbons (Fsp3) is 1.00. The van der Waals surface area contributed by atoms with Crippen LogP contribution < -0.4 is 5.32 Å². The third-order valence-electron chi connectivity index (χ3n) is 10.7. The Morgan fingerprint density at radius 1 is 0.489 bits per heavy atom. The molecule has 2 rings (SSSR count). The Kier molecular flexibility index (Phi) is 27.9. The molecule has 1 saturated heterocycles. The van der Waals surface area contributed by atoms with Crippen molar-refractivity contribution < 1.29 is 23.7 Å². The molecular formula is C41H81NO5. The molecule has 1 heterocycles. The van der Waals surface area contributed by atoms with E-state index in [1.54, 1.807) is 14.2 Å². The van der Waals surface area contributed by atoms with E-state index in [2.05, 4.69) is 19.2 Å². The van der Waals surface area contributed by atoms with Gasteiger partial charge >= 0.3 is 0 Å². The van der Waals surface area contributed by atoms with Crippen molar-refractivity contribution >= 4 is 0 Å². The van der Waals surface area contributed by atoms with Crippen LogP contribution in [0, 0.1) is 0 Å². The quantitative estimate of drug-likeness (QED) is 0.0703. The molecule has 0 unspecified atom stereocenters. The SMILES string of the molecule is CCCCCCCCCCCCCCO[C@@H]1[C@@H](OCCCCCCCCCCCCCC)[C@@H](OC)O[C@H](CNC2CCCC2)[C@H]1OC. The Bertz CT molecular complexity index is 660. The van der Waals surface area contributed by atoms with Gasteiger partial charge in [-0.15, -0.1) is 0 Å². The summed E-state index contributed by atoms with van der Waals surface area (Å²) in [5.41, 5.74) is 0. The van der Waals surface area contributed by atoms with Crippen LogP contribution in [0.25, 0.3) is 0 Å².